The van der Waals surface area contributed by atoms with Crippen molar-refractivity contribution in [2.45, 2.75) is 25.2 Å². The smallest absolute Gasteiger partial charge is 0.123 e. The van der Waals surface area contributed by atoms with Crippen molar-refractivity contribution < 1.29 is 4.74 Å². The van der Waals surface area contributed by atoms with Crippen LogP contribution in [0.25, 0.3) is 0 Å². The molecule has 1 aromatic heterocycles. The van der Waals surface area contributed by atoms with Crippen molar-refractivity contribution in [3.8, 4) is 0 Å². The topological polar surface area (TPSA) is 51.4 Å². The molecule has 0 bridgehead atoms. The Kier molecular flexibility index (Phi) is 3.48. The molecule has 1 atom stereocenters. The van der Waals surface area contributed by atoms with E-state index in [0.29, 0.717) is 11.7 Å². The number of ether oxygens (including phenoxy) is 1. The lowest BCUT2D eigenvalue weighted by molar-refractivity contribution is 0.0342. The van der Waals surface area contributed by atoms with Crippen molar-refractivity contribution in [1.29, 1.82) is 0 Å². The van der Waals surface area contributed by atoms with Crippen LogP contribution in [0.2, 0.25) is 0 Å². The largest absolute Gasteiger partial charge is 0.384 e. The van der Waals surface area contributed by atoms with Gasteiger partial charge in [-0.3, -0.25) is 4.90 Å². The molecular formula is C14H21N3O. The number of pyridine rings is 1. The Balaban J connectivity index is 1.75. The average molecular weight is 247 g/mol. The van der Waals surface area contributed by atoms with E-state index in [1.165, 1.54) is 24.0 Å². The Morgan fingerprint density at radius 2 is 2.22 bits per heavy atom. The van der Waals surface area contributed by atoms with Gasteiger partial charge in [-0.05, 0) is 42.4 Å². The number of rotatable bonds is 2. The number of hydrogen-bond acceptors (Lipinski definition) is 4. The monoisotopic (exact) mass is 247 g/mol. The van der Waals surface area contributed by atoms with Gasteiger partial charge in [-0.2, -0.15) is 0 Å². The molecule has 1 aliphatic heterocycles. The van der Waals surface area contributed by atoms with Crippen molar-refractivity contribution in [2.24, 2.45) is 0 Å². The second-order valence-corrected chi connectivity index (χ2v) is 5.31. The molecule has 4 nitrogen and oxygen atoms in total. The van der Waals surface area contributed by atoms with Crippen LogP contribution >= 0.6 is 0 Å². The van der Waals surface area contributed by atoms with E-state index in [1.807, 2.05) is 6.20 Å². The van der Waals surface area contributed by atoms with E-state index in [9.17, 15) is 0 Å². The number of nitrogens with zero attached hydrogens (tertiary/aromatic N) is 2. The average Bonchev–Trinajstić information content (AvgIpc) is 2.41. The molecular weight excluding hydrogens is 226 g/mol. The minimum absolute atomic E-state index is 0.622. The third-order valence-corrected chi connectivity index (χ3v) is 4.06. The summed E-state index contributed by atoms with van der Waals surface area (Å²) >= 11 is 0. The molecule has 0 aromatic carbocycles. The molecule has 0 radical (unpaired) electrons. The first-order chi connectivity index (χ1) is 8.83. The van der Waals surface area contributed by atoms with Gasteiger partial charge in [-0.1, -0.05) is 0 Å². The highest BCUT2D eigenvalue weighted by atomic mass is 16.5. The van der Waals surface area contributed by atoms with Gasteiger partial charge in [0, 0.05) is 25.8 Å². The number of aryl methyl sites for hydroxylation is 1. The number of fused-ring (bicyclic) bond motifs is 1. The number of hydrogen-bond donors (Lipinski definition) is 1. The molecule has 1 fully saturated rings. The lowest BCUT2D eigenvalue weighted by Crippen LogP contribution is -2.39. The molecule has 2 N–H and O–H groups in total. The third kappa shape index (κ3) is 2.49. The molecule has 1 aliphatic carbocycles. The van der Waals surface area contributed by atoms with Gasteiger partial charge in [-0.15, -0.1) is 0 Å². The number of nitrogen functional groups attached to an aromatic ring is 1. The van der Waals surface area contributed by atoms with Gasteiger partial charge >= 0.3 is 0 Å². The van der Waals surface area contributed by atoms with E-state index >= 15 is 0 Å². The molecule has 2 heterocycles. The van der Waals surface area contributed by atoms with Crippen LogP contribution in [-0.4, -0.2) is 42.7 Å². The molecule has 2 aliphatic rings. The van der Waals surface area contributed by atoms with Crippen LogP contribution in [-0.2, 0) is 11.2 Å². The highest BCUT2D eigenvalue weighted by Crippen LogP contribution is 2.32. The lowest BCUT2D eigenvalue weighted by atomic mass is 9.83. The third-order valence-electron chi connectivity index (χ3n) is 4.06. The maximum atomic E-state index is 5.83. The van der Waals surface area contributed by atoms with E-state index < -0.39 is 0 Å². The zero-order valence-electron chi connectivity index (χ0n) is 10.8. The van der Waals surface area contributed by atoms with E-state index in [4.69, 9.17) is 10.5 Å². The molecule has 18 heavy (non-hydrogen) atoms. The first kappa shape index (κ1) is 11.9. The van der Waals surface area contributed by atoms with E-state index in [2.05, 4.69) is 16.0 Å². The van der Waals surface area contributed by atoms with Gasteiger partial charge in [0.25, 0.3) is 0 Å². The molecule has 0 saturated carbocycles. The molecule has 0 spiro atoms. The quantitative estimate of drug-likeness (QED) is 0.858. The predicted octanol–water partition coefficient (Wildman–Crippen LogP) is 1.42. The summed E-state index contributed by atoms with van der Waals surface area (Å²) in [6.07, 6.45) is 5.67. The number of morpholine rings is 1. The normalized spacial score (nSPS) is 24.8. The maximum absolute atomic E-state index is 5.83. The molecule has 4 heteroatoms. The zero-order chi connectivity index (χ0) is 12.4. The highest BCUT2D eigenvalue weighted by molar-refractivity contribution is 5.40. The summed E-state index contributed by atoms with van der Waals surface area (Å²) < 4.78 is 5.41. The van der Waals surface area contributed by atoms with Crippen LogP contribution in [0.5, 0.6) is 0 Å². The second-order valence-electron chi connectivity index (χ2n) is 5.31. The lowest BCUT2D eigenvalue weighted by Gasteiger charge is -2.33. The molecule has 98 valence electrons. The molecule has 1 aromatic rings. The fourth-order valence-corrected chi connectivity index (χ4v) is 3.08. The van der Waals surface area contributed by atoms with Gasteiger partial charge in [0.1, 0.15) is 5.82 Å². The minimum atomic E-state index is 0.622. The standard InChI is InChI=1S/C14H21N3O/c15-14-8-13-11(9-16-14)2-1-3-12(13)10-17-4-6-18-7-5-17/h8-9,12H,1-7,10H2,(H2,15,16). The summed E-state index contributed by atoms with van der Waals surface area (Å²) in [6.45, 7) is 5.01. The first-order valence-corrected chi connectivity index (χ1v) is 6.87. The number of anilines is 1. The van der Waals surface area contributed by atoms with E-state index in [-0.39, 0.29) is 0 Å². The summed E-state index contributed by atoms with van der Waals surface area (Å²) in [6, 6.07) is 2.08. The van der Waals surface area contributed by atoms with Crippen LogP contribution < -0.4 is 5.73 Å². The van der Waals surface area contributed by atoms with Gasteiger partial charge in [0.2, 0.25) is 0 Å². The Labute approximate surface area is 108 Å². The Morgan fingerprint density at radius 1 is 1.39 bits per heavy atom. The summed E-state index contributed by atoms with van der Waals surface area (Å²) in [7, 11) is 0. The molecule has 1 saturated heterocycles. The minimum Gasteiger partial charge on any atom is -0.384 e. The van der Waals surface area contributed by atoms with Crippen molar-refractivity contribution in [3.05, 3.63) is 23.4 Å². The highest BCUT2D eigenvalue weighted by Gasteiger charge is 2.23. The summed E-state index contributed by atoms with van der Waals surface area (Å²) in [5, 5.41) is 0. The Morgan fingerprint density at radius 3 is 3.06 bits per heavy atom. The second kappa shape index (κ2) is 5.24. The fraction of sp³-hybridized carbons (Fsp3) is 0.643. The fourth-order valence-electron chi connectivity index (χ4n) is 3.08. The SMILES string of the molecule is Nc1cc2c(cn1)CCCC2CN1CCOCC1. The van der Waals surface area contributed by atoms with Gasteiger partial charge < -0.3 is 10.5 Å². The van der Waals surface area contributed by atoms with Crippen LogP contribution in [0.3, 0.4) is 0 Å². The van der Waals surface area contributed by atoms with Crippen LogP contribution in [0.15, 0.2) is 12.3 Å². The summed E-state index contributed by atoms with van der Waals surface area (Å²) in [5.41, 5.74) is 8.66. The summed E-state index contributed by atoms with van der Waals surface area (Å²) in [4.78, 5) is 6.73. The summed E-state index contributed by atoms with van der Waals surface area (Å²) in [5.74, 6) is 1.28. The predicted molar refractivity (Wildman–Crippen MR) is 71.6 cm³/mol. The van der Waals surface area contributed by atoms with Crippen LogP contribution in [0.4, 0.5) is 5.82 Å². The van der Waals surface area contributed by atoms with Crippen LogP contribution in [0, 0.1) is 0 Å². The number of nitrogens with two attached hydrogens (primary N) is 1. The van der Waals surface area contributed by atoms with Crippen molar-refractivity contribution >= 4 is 5.82 Å². The molecule has 1 unspecified atom stereocenters. The Bertz CT molecular complexity index is 416. The van der Waals surface area contributed by atoms with Crippen LogP contribution in [0.1, 0.15) is 29.9 Å². The zero-order valence-corrected chi connectivity index (χ0v) is 10.8. The maximum Gasteiger partial charge on any atom is 0.123 e. The molecule has 0 amide bonds. The van der Waals surface area contributed by atoms with E-state index in [0.717, 1.165) is 39.3 Å². The van der Waals surface area contributed by atoms with Crippen molar-refractivity contribution in [2.75, 3.05) is 38.6 Å². The van der Waals surface area contributed by atoms with Crippen molar-refractivity contribution in [3.63, 3.8) is 0 Å². The van der Waals surface area contributed by atoms with Gasteiger partial charge in [-0.25, -0.2) is 4.98 Å². The first-order valence-electron chi connectivity index (χ1n) is 6.87. The van der Waals surface area contributed by atoms with Gasteiger partial charge in [0.15, 0.2) is 0 Å². The van der Waals surface area contributed by atoms with Crippen molar-refractivity contribution in [1.82, 2.24) is 9.88 Å². The number of aromatic nitrogens is 1. The Hall–Kier alpha value is -1.13. The molecule has 3 rings (SSSR count). The van der Waals surface area contributed by atoms with E-state index in [1.54, 1.807) is 0 Å². The van der Waals surface area contributed by atoms with Gasteiger partial charge in [0.05, 0.1) is 13.2 Å².